The average molecular weight is 460 g/mol. The van der Waals surface area contributed by atoms with Crippen LogP contribution < -0.4 is 4.74 Å². The lowest BCUT2D eigenvalue weighted by Crippen LogP contribution is -2.42. The van der Waals surface area contributed by atoms with E-state index >= 15 is 0 Å². The van der Waals surface area contributed by atoms with Crippen LogP contribution in [0.4, 0.5) is 4.79 Å². The molecule has 3 heterocycles. The summed E-state index contributed by atoms with van der Waals surface area (Å²) in [6.45, 7) is 8.75. The van der Waals surface area contributed by atoms with Crippen LogP contribution in [-0.4, -0.2) is 51.7 Å². The Kier molecular flexibility index (Phi) is 6.38. The maximum atomic E-state index is 12.6. The SMILES string of the molecule is COc1cc(C#N)cc(C)c1-c1ccc2ncc(C3CCCN(C(=O)OC(C)(C)C)C3)nc2n1. The summed E-state index contributed by atoms with van der Waals surface area (Å²) in [5, 5.41) is 9.28. The van der Waals surface area contributed by atoms with E-state index in [4.69, 9.17) is 19.4 Å². The number of aromatic nitrogens is 3. The van der Waals surface area contributed by atoms with Gasteiger partial charge in [-0.05, 0) is 70.4 Å². The first-order valence-electron chi connectivity index (χ1n) is 11.4. The van der Waals surface area contributed by atoms with Crippen molar-refractivity contribution in [1.82, 2.24) is 19.9 Å². The molecule has 1 saturated heterocycles. The summed E-state index contributed by atoms with van der Waals surface area (Å²) in [6, 6.07) is 9.46. The van der Waals surface area contributed by atoms with E-state index in [9.17, 15) is 10.1 Å². The molecule has 8 nitrogen and oxygen atoms in total. The molecule has 0 N–H and O–H groups in total. The summed E-state index contributed by atoms with van der Waals surface area (Å²) < 4.78 is 11.1. The van der Waals surface area contributed by atoms with Crippen LogP contribution in [0.5, 0.6) is 5.75 Å². The van der Waals surface area contributed by atoms with E-state index < -0.39 is 5.60 Å². The number of piperidine rings is 1. The number of rotatable bonds is 3. The second kappa shape index (κ2) is 9.26. The van der Waals surface area contributed by atoms with Gasteiger partial charge < -0.3 is 14.4 Å². The molecule has 0 bridgehead atoms. The molecule has 1 fully saturated rings. The van der Waals surface area contributed by atoms with Gasteiger partial charge in [0.25, 0.3) is 0 Å². The molecule has 1 atom stereocenters. The number of amides is 1. The lowest BCUT2D eigenvalue weighted by Gasteiger charge is -2.33. The van der Waals surface area contributed by atoms with Crippen molar-refractivity contribution in [2.45, 2.75) is 52.1 Å². The number of pyridine rings is 1. The molecule has 0 saturated carbocycles. The molecule has 0 radical (unpaired) electrons. The highest BCUT2D eigenvalue weighted by molar-refractivity contribution is 5.79. The lowest BCUT2D eigenvalue weighted by molar-refractivity contribution is 0.0197. The summed E-state index contributed by atoms with van der Waals surface area (Å²) in [6.07, 6.45) is 3.27. The molecular weight excluding hydrogens is 430 g/mol. The summed E-state index contributed by atoms with van der Waals surface area (Å²) >= 11 is 0. The Labute approximate surface area is 199 Å². The zero-order valence-corrected chi connectivity index (χ0v) is 20.3. The molecule has 0 spiro atoms. The van der Waals surface area contributed by atoms with Crippen molar-refractivity contribution in [1.29, 1.82) is 5.26 Å². The van der Waals surface area contributed by atoms with Gasteiger partial charge >= 0.3 is 6.09 Å². The number of benzene rings is 1. The van der Waals surface area contributed by atoms with E-state index in [1.54, 1.807) is 24.3 Å². The number of methoxy groups -OCH3 is 1. The van der Waals surface area contributed by atoms with Crippen molar-refractivity contribution < 1.29 is 14.3 Å². The summed E-state index contributed by atoms with van der Waals surface area (Å²) in [5.41, 5.74) is 4.47. The first-order chi connectivity index (χ1) is 16.2. The predicted octanol–water partition coefficient (Wildman–Crippen LogP) is 5.00. The van der Waals surface area contributed by atoms with Gasteiger partial charge in [0.2, 0.25) is 0 Å². The number of hydrogen-bond donors (Lipinski definition) is 0. The van der Waals surface area contributed by atoms with Gasteiger partial charge in [-0.3, -0.25) is 4.98 Å². The smallest absolute Gasteiger partial charge is 0.410 e. The first kappa shape index (κ1) is 23.4. The van der Waals surface area contributed by atoms with Crippen molar-refractivity contribution in [2.24, 2.45) is 0 Å². The van der Waals surface area contributed by atoms with Gasteiger partial charge in [0.05, 0.1) is 30.1 Å². The quantitative estimate of drug-likeness (QED) is 0.543. The molecule has 34 heavy (non-hydrogen) atoms. The Hall–Kier alpha value is -3.73. The molecule has 8 heteroatoms. The van der Waals surface area contributed by atoms with Gasteiger partial charge in [-0.15, -0.1) is 0 Å². The highest BCUT2D eigenvalue weighted by Gasteiger charge is 2.29. The third-order valence-electron chi connectivity index (χ3n) is 5.82. The van der Waals surface area contributed by atoms with Crippen molar-refractivity contribution in [2.75, 3.05) is 20.2 Å². The van der Waals surface area contributed by atoms with Gasteiger partial charge in [0.15, 0.2) is 5.65 Å². The van der Waals surface area contributed by atoms with Crippen LogP contribution >= 0.6 is 0 Å². The first-order valence-corrected chi connectivity index (χ1v) is 11.4. The summed E-state index contributed by atoms with van der Waals surface area (Å²) in [5.74, 6) is 0.655. The molecule has 176 valence electrons. The maximum absolute atomic E-state index is 12.6. The fourth-order valence-electron chi connectivity index (χ4n) is 4.27. The van der Waals surface area contributed by atoms with Crippen LogP contribution in [0.3, 0.4) is 0 Å². The van der Waals surface area contributed by atoms with Crippen LogP contribution in [0, 0.1) is 18.3 Å². The Morgan fingerprint density at radius 3 is 2.74 bits per heavy atom. The number of nitrogens with zero attached hydrogens (tertiary/aromatic N) is 5. The van der Waals surface area contributed by atoms with Gasteiger partial charge in [-0.2, -0.15) is 5.26 Å². The Bertz CT molecular complexity index is 1280. The van der Waals surface area contributed by atoms with Crippen LogP contribution in [0.2, 0.25) is 0 Å². The van der Waals surface area contributed by atoms with Gasteiger partial charge in [0, 0.05) is 30.8 Å². The molecule has 1 amide bonds. The fourth-order valence-corrected chi connectivity index (χ4v) is 4.27. The van der Waals surface area contributed by atoms with Gasteiger partial charge in [-0.25, -0.2) is 14.8 Å². The number of carbonyl (C=O) groups is 1. The molecule has 1 aliphatic heterocycles. The maximum Gasteiger partial charge on any atom is 0.410 e. The second-order valence-electron chi connectivity index (χ2n) is 9.58. The van der Waals surface area contributed by atoms with E-state index in [0.717, 1.165) is 29.7 Å². The van der Waals surface area contributed by atoms with Crippen molar-refractivity contribution in [3.8, 4) is 23.1 Å². The Balaban J connectivity index is 1.65. The average Bonchev–Trinajstić information content (AvgIpc) is 2.81. The van der Waals surface area contributed by atoms with Crippen LogP contribution in [0.15, 0.2) is 30.5 Å². The normalized spacial score (nSPS) is 16.2. The molecule has 3 aromatic rings. The standard InChI is InChI=1S/C26H29N5O3/c1-16-11-17(13-27)12-22(33-5)23(16)19-8-9-20-24(29-19)30-21(14-28-20)18-7-6-10-31(15-18)25(32)34-26(2,3)4/h8-9,11-12,14,18H,6-7,10,15H2,1-5H3. The number of ether oxygens (including phenoxy) is 2. The molecule has 2 aromatic heterocycles. The number of carbonyl (C=O) groups excluding carboxylic acids is 1. The summed E-state index contributed by atoms with van der Waals surface area (Å²) in [4.78, 5) is 28.5. The van der Waals surface area contributed by atoms with E-state index in [1.807, 2.05) is 45.9 Å². The summed E-state index contributed by atoms with van der Waals surface area (Å²) in [7, 11) is 1.58. The highest BCUT2D eigenvalue weighted by atomic mass is 16.6. The lowest BCUT2D eigenvalue weighted by atomic mass is 9.95. The number of nitriles is 1. The fraction of sp³-hybridized carbons (Fsp3) is 0.423. The number of fused-ring (bicyclic) bond motifs is 1. The monoisotopic (exact) mass is 459 g/mol. The molecule has 1 aromatic carbocycles. The van der Waals surface area contributed by atoms with Crippen molar-refractivity contribution in [3.63, 3.8) is 0 Å². The topological polar surface area (TPSA) is 101 Å². The zero-order valence-electron chi connectivity index (χ0n) is 20.3. The van der Waals surface area contributed by atoms with Crippen molar-refractivity contribution in [3.05, 3.63) is 47.3 Å². The largest absolute Gasteiger partial charge is 0.496 e. The van der Waals surface area contributed by atoms with Gasteiger partial charge in [-0.1, -0.05) is 0 Å². The van der Waals surface area contributed by atoms with Crippen molar-refractivity contribution >= 4 is 17.3 Å². The van der Waals surface area contributed by atoms with E-state index in [2.05, 4.69) is 11.1 Å². The zero-order chi connectivity index (χ0) is 24.5. The number of likely N-dealkylation sites (tertiary alicyclic amines) is 1. The number of aryl methyl sites for hydroxylation is 1. The molecule has 0 aliphatic carbocycles. The third-order valence-corrected chi connectivity index (χ3v) is 5.82. The molecule has 4 rings (SSSR count). The highest BCUT2D eigenvalue weighted by Crippen LogP contribution is 2.34. The third kappa shape index (κ3) is 4.93. The van der Waals surface area contributed by atoms with Crippen LogP contribution in [-0.2, 0) is 4.74 Å². The predicted molar refractivity (Wildman–Crippen MR) is 129 cm³/mol. The molecular formula is C26H29N5O3. The number of hydrogen-bond acceptors (Lipinski definition) is 7. The second-order valence-corrected chi connectivity index (χ2v) is 9.58. The van der Waals surface area contributed by atoms with Gasteiger partial charge in [0.1, 0.15) is 16.9 Å². The molecule has 1 aliphatic rings. The van der Waals surface area contributed by atoms with E-state index in [-0.39, 0.29) is 12.0 Å². The van der Waals surface area contributed by atoms with Crippen LogP contribution in [0.1, 0.15) is 56.4 Å². The minimum absolute atomic E-state index is 0.0646. The Morgan fingerprint density at radius 2 is 2.03 bits per heavy atom. The minimum atomic E-state index is -0.530. The minimum Gasteiger partial charge on any atom is -0.496 e. The van der Waals surface area contributed by atoms with E-state index in [1.165, 1.54) is 0 Å². The van der Waals surface area contributed by atoms with Crippen LogP contribution in [0.25, 0.3) is 22.4 Å². The van der Waals surface area contributed by atoms with E-state index in [0.29, 0.717) is 41.3 Å². The molecule has 1 unspecified atom stereocenters. The Morgan fingerprint density at radius 1 is 1.24 bits per heavy atom.